The molecule has 5 nitrogen and oxygen atoms in total. The number of rotatable bonds is 3. The Hall–Kier alpha value is -0.990. The lowest BCUT2D eigenvalue weighted by Crippen LogP contribution is -2.06. The Morgan fingerprint density at radius 1 is 1.42 bits per heavy atom. The minimum atomic E-state index is -4.00. The maximum absolute atomic E-state index is 13.5. The normalized spacial score (nSPS) is 11.8. The zero-order chi connectivity index (χ0) is 14.2. The zero-order valence-electron chi connectivity index (χ0n) is 9.64. The summed E-state index contributed by atoms with van der Waals surface area (Å²) in [4.78, 5) is 0. The van der Waals surface area contributed by atoms with Gasteiger partial charge < -0.3 is 0 Å². The molecule has 0 radical (unpaired) electrons. The van der Waals surface area contributed by atoms with Crippen molar-refractivity contribution in [1.29, 1.82) is 0 Å². The van der Waals surface area contributed by atoms with Crippen LogP contribution in [0.15, 0.2) is 27.8 Å². The third-order valence-electron chi connectivity index (χ3n) is 2.44. The second-order valence-electron chi connectivity index (χ2n) is 3.59. The summed E-state index contributed by atoms with van der Waals surface area (Å²) in [6.45, 7) is 2.00. The molecular formula is C10H8BrClFN3O2S. The van der Waals surface area contributed by atoms with Gasteiger partial charge in [0.15, 0.2) is 5.82 Å². The van der Waals surface area contributed by atoms with E-state index < -0.39 is 14.9 Å². The van der Waals surface area contributed by atoms with E-state index in [2.05, 4.69) is 26.1 Å². The second-order valence-corrected chi connectivity index (χ2v) is 6.84. The Kier molecular flexibility index (Phi) is 3.93. The van der Waals surface area contributed by atoms with E-state index >= 15 is 0 Å². The molecular weight excluding hydrogens is 361 g/mol. The maximum Gasteiger partial charge on any atom is 0.296 e. The topological polar surface area (TPSA) is 64.8 Å². The van der Waals surface area contributed by atoms with Crippen LogP contribution in [0, 0.1) is 5.82 Å². The summed E-state index contributed by atoms with van der Waals surface area (Å²) in [7, 11) is 1.27. The van der Waals surface area contributed by atoms with E-state index in [4.69, 9.17) is 10.7 Å². The van der Waals surface area contributed by atoms with Gasteiger partial charge in [0.1, 0.15) is 5.82 Å². The molecule has 1 aromatic carbocycles. The lowest BCUT2D eigenvalue weighted by Gasteiger charge is -2.07. The highest BCUT2D eigenvalue weighted by Crippen LogP contribution is 2.30. The van der Waals surface area contributed by atoms with Gasteiger partial charge in [-0.2, -0.15) is 0 Å². The summed E-state index contributed by atoms with van der Waals surface area (Å²) >= 11 is 3.10. The molecule has 0 aliphatic heterocycles. The Balaban J connectivity index is 2.71. The van der Waals surface area contributed by atoms with Gasteiger partial charge in [-0.05, 0) is 35.0 Å². The third-order valence-corrected chi connectivity index (χ3v) is 4.40. The molecule has 0 fully saturated rings. The first kappa shape index (κ1) is 14.4. The van der Waals surface area contributed by atoms with Crippen molar-refractivity contribution in [1.82, 2.24) is 14.8 Å². The smallest absolute Gasteiger partial charge is 0.296 e. The molecule has 0 N–H and O–H groups in total. The second kappa shape index (κ2) is 5.18. The number of hydrogen-bond donors (Lipinski definition) is 0. The molecule has 19 heavy (non-hydrogen) atoms. The van der Waals surface area contributed by atoms with Crippen molar-refractivity contribution >= 4 is 35.7 Å². The largest absolute Gasteiger partial charge is 0.297 e. The fraction of sp³-hybridized carbons (Fsp3) is 0.200. The van der Waals surface area contributed by atoms with Crippen LogP contribution < -0.4 is 0 Å². The minimum absolute atomic E-state index is 0.190. The fourth-order valence-corrected chi connectivity index (χ4v) is 3.03. The van der Waals surface area contributed by atoms with Gasteiger partial charge in [-0.3, -0.25) is 4.57 Å². The molecule has 102 valence electrons. The van der Waals surface area contributed by atoms with Crippen molar-refractivity contribution < 1.29 is 12.8 Å². The van der Waals surface area contributed by atoms with E-state index in [1.54, 1.807) is 13.0 Å². The first-order valence-electron chi connectivity index (χ1n) is 5.18. The van der Waals surface area contributed by atoms with Crippen molar-refractivity contribution in [2.45, 2.75) is 18.6 Å². The highest BCUT2D eigenvalue weighted by molar-refractivity contribution is 9.10. The summed E-state index contributed by atoms with van der Waals surface area (Å²) < 4.78 is 37.7. The van der Waals surface area contributed by atoms with E-state index in [0.29, 0.717) is 5.56 Å². The molecule has 0 saturated heterocycles. The number of nitrogens with zero attached hydrogens (tertiary/aromatic N) is 3. The molecule has 0 bridgehead atoms. The summed E-state index contributed by atoms with van der Waals surface area (Å²) in [6.07, 6.45) is 0. The number of aromatic nitrogens is 3. The molecule has 1 heterocycles. The van der Waals surface area contributed by atoms with Gasteiger partial charge in [0.05, 0.1) is 4.47 Å². The van der Waals surface area contributed by atoms with Crippen LogP contribution in [-0.4, -0.2) is 23.2 Å². The molecule has 0 atom stereocenters. The van der Waals surface area contributed by atoms with E-state index in [1.165, 1.54) is 16.7 Å². The molecule has 1 aromatic heterocycles. The van der Waals surface area contributed by atoms with Crippen LogP contribution in [0.1, 0.15) is 6.92 Å². The monoisotopic (exact) mass is 367 g/mol. The molecule has 0 amide bonds. The van der Waals surface area contributed by atoms with Crippen LogP contribution in [0.25, 0.3) is 11.4 Å². The van der Waals surface area contributed by atoms with Crippen LogP contribution in [0.3, 0.4) is 0 Å². The molecule has 0 aliphatic carbocycles. The zero-order valence-corrected chi connectivity index (χ0v) is 12.8. The fourth-order valence-electron chi connectivity index (χ4n) is 1.63. The van der Waals surface area contributed by atoms with Crippen molar-refractivity contribution in [2.75, 3.05) is 0 Å². The average molecular weight is 369 g/mol. The minimum Gasteiger partial charge on any atom is -0.297 e. The number of halogens is 3. The van der Waals surface area contributed by atoms with Crippen molar-refractivity contribution in [3.05, 3.63) is 28.5 Å². The first-order chi connectivity index (χ1) is 8.86. The summed E-state index contributed by atoms with van der Waals surface area (Å²) in [6, 6.07) is 4.38. The van der Waals surface area contributed by atoms with E-state index in [9.17, 15) is 12.8 Å². The Labute approximate surface area is 122 Å². The molecule has 0 aliphatic rings. The molecule has 0 saturated carbocycles. The van der Waals surface area contributed by atoms with Crippen LogP contribution in [0.2, 0.25) is 0 Å². The van der Waals surface area contributed by atoms with Crippen molar-refractivity contribution in [2.24, 2.45) is 0 Å². The first-order valence-corrected chi connectivity index (χ1v) is 8.28. The lowest BCUT2D eigenvalue weighted by molar-refractivity contribution is 0.582. The van der Waals surface area contributed by atoms with E-state index in [1.807, 2.05) is 0 Å². The highest BCUT2D eigenvalue weighted by atomic mass is 79.9. The summed E-state index contributed by atoms with van der Waals surface area (Å²) in [5.41, 5.74) is 0.404. The lowest BCUT2D eigenvalue weighted by atomic mass is 10.2. The van der Waals surface area contributed by atoms with Gasteiger partial charge in [-0.1, -0.05) is 6.07 Å². The van der Waals surface area contributed by atoms with E-state index in [-0.39, 0.29) is 22.0 Å². The van der Waals surface area contributed by atoms with E-state index in [0.717, 1.165) is 0 Å². The predicted octanol–water partition coefficient (Wildman–Crippen LogP) is 2.79. The summed E-state index contributed by atoms with van der Waals surface area (Å²) in [5.74, 6) is -0.244. The SMILES string of the molecule is CCn1c(-c2cccc(F)c2Br)nnc1S(=O)(=O)Cl. The summed E-state index contributed by atoms with van der Waals surface area (Å²) in [5, 5.41) is 6.97. The highest BCUT2D eigenvalue weighted by Gasteiger charge is 2.23. The van der Waals surface area contributed by atoms with Gasteiger partial charge in [-0.25, -0.2) is 12.8 Å². The Bertz CT molecular complexity index is 732. The van der Waals surface area contributed by atoms with Crippen molar-refractivity contribution in [3.63, 3.8) is 0 Å². The third kappa shape index (κ3) is 2.65. The molecule has 2 aromatic rings. The average Bonchev–Trinajstić information content (AvgIpc) is 2.76. The van der Waals surface area contributed by atoms with Crippen molar-refractivity contribution in [3.8, 4) is 11.4 Å². The predicted molar refractivity (Wildman–Crippen MR) is 71.8 cm³/mol. The van der Waals surface area contributed by atoms with Crippen LogP contribution in [-0.2, 0) is 15.6 Å². The standard InChI is InChI=1S/C10H8BrClFN3O2S/c1-2-16-9(14-15-10(16)19(12,17)18)6-4-3-5-7(13)8(6)11/h3-5H,2H2,1H3. The number of hydrogen-bond acceptors (Lipinski definition) is 4. The van der Waals surface area contributed by atoms with Gasteiger partial charge in [0.25, 0.3) is 14.2 Å². The molecule has 2 rings (SSSR count). The van der Waals surface area contributed by atoms with Crippen LogP contribution in [0.4, 0.5) is 4.39 Å². The molecule has 9 heteroatoms. The molecule has 0 unspecified atom stereocenters. The number of benzene rings is 1. The van der Waals surface area contributed by atoms with Gasteiger partial charge >= 0.3 is 0 Å². The van der Waals surface area contributed by atoms with Gasteiger partial charge in [0, 0.05) is 22.8 Å². The maximum atomic E-state index is 13.5. The van der Waals surface area contributed by atoms with Crippen LogP contribution >= 0.6 is 26.6 Å². The quantitative estimate of drug-likeness (QED) is 0.782. The van der Waals surface area contributed by atoms with Gasteiger partial charge in [0.2, 0.25) is 0 Å². The van der Waals surface area contributed by atoms with Crippen LogP contribution in [0.5, 0.6) is 0 Å². The van der Waals surface area contributed by atoms with Gasteiger partial charge in [-0.15, -0.1) is 10.2 Å². The molecule has 0 spiro atoms. The Morgan fingerprint density at radius 3 is 2.68 bits per heavy atom. The Morgan fingerprint density at radius 2 is 2.11 bits per heavy atom.